The zero-order valence-electron chi connectivity index (χ0n) is 12.2. The number of amides is 1. The van der Waals surface area contributed by atoms with Crippen LogP contribution in [0.25, 0.3) is 0 Å². The topological polar surface area (TPSA) is 80.9 Å². The number of hydrogen-bond acceptors (Lipinski definition) is 4. The van der Waals surface area contributed by atoms with Crippen LogP contribution in [0.2, 0.25) is 0 Å². The van der Waals surface area contributed by atoms with E-state index in [0.717, 1.165) is 29.8 Å². The number of nitrogens with zero attached hydrogens (tertiary/aromatic N) is 2. The number of nitrogens with two attached hydrogens (primary N) is 1. The molecule has 3 rings (SSSR count). The predicted octanol–water partition coefficient (Wildman–Crippen LogP) is 2.35. The highest BCUT2D eigenvalue weighted by Gasteiger charge is 2.51. The van der Waals surface area contributed by atoms with E-state index >= 15 is 0 Å². The molecule has 0 unspecified atom stereocenters. The van der Waals surface area contributed by atoms with Gasteiger partial charge in [0.25, 0.3) is 0 Å². The molecule has 5 nitrogen and oxygen atoms in total. The monoisotopic (exact) mass is 282 g/mol. The van der Waals surface area contributed by atoms with Crippen molar-refractivity contribution in [3.63, 3.8) is 0 Å². The third-order valence-corrected chi connectivity index (χ3v) is 3.86. The van der Waals surface area contributed by atoms with Gasteiger partial charge in [-0.15, -0.1) is 0 Å². The minimum Gasteiger partial charge on any atom is -0.399 e. The summed E-state index contributed by atoms with van der Waals surface area (Å²) in [5.41, 5.74) is 8.64. The molecule has 1 heterocycles. The van der Waals surface area contributed by atoms with Crippen LogP contribution in [0.4, 0.5) is 11.6 Å². The van der Waals surface area contributed by atoms with E-state index in [9.17, 15) is 4.79 Å². The third-order valence-electron chi connectivity index (χ3n) is 3.86. The van der Waals surface area contributed by atoms with Crippen LogP contribution in [0.1, 0.15) is 29.8 Å². The summed E-state index contributed by atoms with van der Waals surface area (Å²) in [5.74, 6) is 0.330. The number of carbonyl (C=O) groups excluding carboxylic acids is 1. The van der Waals surface area contributed by atoms with Crippen LogP contribution in [0.5, 0.6) is 0 Å². The highest BCUT2D eigenvalue weighted by atomic mass is 16.2. The van der Waals surface area contributed by atoms with Gasteiger partial charge in [-0.25, -0.2) is 9.97 Å². The van der Waals surface area contributed by atoms with Crippen molar-refractivity contribution in [2.24, 2.45) is 0 Å². The van der Waals surface area contributed by atoms with Gasteiger partial charge in [-0.05, 0) is 50.5 Å². The average molecular weight is 282 g/mol. The van der Waals surface area contributed by atoms with Crippen molar-refractivity contribution in [2.75, 3.05) is 11.1 Å². The summed E-state index contributed by atoms with van der Waals surface area (Å²) >= 11 is 0. The normalized spacial score (nSPS) is 15.5. The first-order valence-electron chi connectivity index (χ1n) is 6.99. The summed E-state index contributed by atoms with van der Waals surface area (Å²) in [6.07, 6.45) is 1.68. The minimum atomic E-state index is -0.450. The van der Waals surface area contributed by atoms with Crippen molar-refractivity contribution in [1.29, 1.82) is 0 Å². The fraction of sp³-hybridized carbons (Fsp3) is 0.312. The Morgan fingerprint density at radius 3 is 2.24 bits per heavy atom. The molecule has 0 aliphatic heterocycles. The maximum absolute atomic E-state index is 12.6. The van der Waals surface area contributed by atoms with Crippen LogP contribution in [0.3, 0.4) is 0 Å². The molecule has 1 aliphatic rings. The van der Waals surface area contributed by atoms with Gasteiger partial charge in [-0.2, -0.15) is 0 Å². The first kappa shape index (κ1) is 13.5. The molecule has 1 amide bonds. The number of rotatable bonds is 3. The van der Waals surface area contributed by atoms with E-state index in [0.29, 0.717) is 11.6 Å². The number of hydrogen-bond donors (Lipinski definition) is 2. The van der Waals surface area contributed by atoms with Gasteiger partial charge in [0.15, 0.2) is 0 Å². The lowest BCUT2D eigenvalue weighted by molar-refractivity contribution is -0.118. The molecule has 1 saturated carbocycles. The quantitative estimate of drug-likeness (QED) is 0.847. The SMILES string of the molecule is Cc1cc(C)nc(NC(=O)C2(c3ccc(N)cc3)CC2)n1. The van der Waals surface area contributed by atoms with Crippen molar-refractivity contribution >= 4 is 17.5 Å². The first-order chi connectivity index (χ1) is 9.99. The average Bonchev–Trinajstić information content (AvgIpc) is 3.19. The van der Waals surface area contributed by atoms with Crippen LogP contribution in [-0.2, 0) is 10.2 Å². The predicted molar refractivity (Wildman–Crippen MR) is 81.9 cm³/mol. The van der Waals surface area contributed by atoms with Gasteiger partial charge in [0, 0.05) is 17.1 Å². The Morgan fingerprint density at radius 1 is 1.14 bits per heavy atom. The maximum atomic E-state index is 12.6. The van der Waals surface area contributed by atoms with E-state index < -0.39 is 5.41 Å². The molecule has 5 heteroatoms. The Labute approximate surface area is 123 Å². The molecular weight excluding hydrogens is 264 g/mol. The Kier molecular flexibility index (Phi) is 3.12. The van der Waals surface area contributed by atoms with Gasteiger partial charge in [0.1, 0.15) is 0 Å². The molecule has 0 atom stereocenters. The standard InChI is InChI=1S/C16H18N4O/c1-10-9-11(2)19-15(18-10)20-14(21)16(7-8-16)12-3-5-13(17)6-4-12/h3-6,9H,7-8,17H2,1-2H3,(H,18,19,20,21). The van der Waals surface area contributed by atoms with E-state index in [1.807, 2.05) is 44.2 Å². The van der Waals surface area contributed by atoms with Gasteiger partial charge in [-0.1, -0.05) is 12.1 Å². The molecule has 0 spiro atoms. The van der Waals surface area contributed by atoms with Gasteiger partial charge in [0.05, 0.1) is 5.41 Å². The maximum Gasteiger partial charge on any atom is 0.237 e. The molecular formula is C16H18N4O. The molecule has 2 aromatic rings. The fourth-order valence-electron chi connectivity index (χ4n) is 2.58. The number of aromatic nitrogens is 2. The van der Waals surface area contributed by atoms with Crippen molar-refractivity contribution in [1.82, 2.24) is 9.97 Å². The van der Waals surface area contributed by atoms with Crippen LogP contribution in [0.15, 0.2) is 30.3 Å². The van der Waals surface area contributed by atoms with Gasteiger partial charge < -0.3 is 5.73 Å². The zero-order valence-corrected chi connectivity index (χ0v) is 12.2. The molecule has 1 aliphatic carbocycles. The van der Waals surface area contributed by atoms with E-state index in [-0.39, 0.29) is 5.91 Å². The summed E-state index contributed by atoms with van der Waals surface area (Å²) < 4.78 is 0. The fourth-order valence-corrected chi connectivity index (χ4v) is 2.58. The van der Waals surface area contributed by atoms with Gasteiger partial charge >= 0.3 is 0 Å². The number of nitrogen functional groups attached to an aromatic ring is 1. The summed E-state index contributed by atoms with van der Waals surface area (Å²) in [5, 5.41) is 2.85. The molecule has 0 radical (unpaired) electrons. The molecule has 3 N–H and O–H groups in total. The van der Waals surface area contributed by atoms with Gasteiger partial charge in [0.2, 0.25) is 11.9 Å². The van der Waals surface area contributed by atoms with Crippen molar-refractivity contribution in [3.05, 3.63) is 47.3 Å². The Morgan fingerprint density at radius 2 is 1.71 bits per heavy atom. The van der Waals surface area contributed by atoms with Crippen molar-refractivity contribution in [3.8, 4) is 0 Å². The molecule has 0 bridgehead atoms. The smallest absolute Gasteiger partial charge is 0.237 e. The zero-order chi connectivity index (χ0) is 15.0. The second-order valence-corrected chi connectivity index (χ2v) is 5.63. The lowest BCUT2D eigenvalue weighted by Gasteiger charge is -2.15. The summed E-state index contributed by atoms with van der Waals surface area (Å²) in [6.45, 7) is 3.77. The molecule has 1 aromatic heterocycles. The lowest BCUT2D eigenvalue weighted by atomic mass is 9.95. The molecule has 21 heavy (non-hydrogen) atoms. The summed E-state index contributed by atoms with van der Waals surface area (Å²) in [7, 11) is 0. The first-order valence-corrected chi connectivity index (χ1v) is 6.99. The highest BCUT2D eigenvalue weighted by Crippen LogP contribution is 2.49. The Bertz CT molecular complexity index is 670. The largest absolute Gasteiger partial charge is 0.399 e. The van der Waals surface area contributed by atoms with Crippen LogP contribution >= 0.6 is 0 Å². The number of carbonyl (C=O) groups is 1. The van der Waals surface area contributed by atoms with Crippen LogP contribution < -0.4 is 11.1 Å². The van der Waals surface area contributed by atoms with E-state index in [4.69, 9.17) is 5.73 Å². The Balaban J connectivity index is 1.83. The number of benzene rings is 1. The molecule has 108 valence electrons. The van der Waals surface area contributed by atoms with Crippen LogP contribution in [-0.4, -0.2) is 15.9 Å². The number of aryl methyl sites for hydroxylation is 2. The summed E-state index contributed by atoms with van der Waals surface area (Å²) in [6, 6.07) is 9.38. The van der Waals surface area contributed by atoms with Crippen LogP contribution in [0, 0.1) is 13.8 Å². The molecule has 1 fully saturated rings. The second kappa shape index (κ2) is 4.84. The third kappa shape index (κ3) is 2.59. The minimum absolute atomic E-state index is 0.0442. The van der Waals surface area contributed by atoms with Gasteiger partial charge in [-0.3, -0.25) is 10.1 Å². The van der Waals surface area contributed by atoms with E-state index in [1.54, 1.807) is 0 Å². The highest BCUT2D eigenvalue weighted by molar-refractivity contribution is 6.00. The number of nitrogens with one attached hydrogen (secondary N) is 1. The number of anilines is 2. The van der Waals surface area contributed by atoms with E-state index in [1.165, 1.54) is 0 Å². The Hall–Kier alpha value is -2.43. The lowest BCUT2D eigenvalue weighted by Crippen LogP contribution is -2.28. The summed E-state index contributed by atoms with van der Waals surface area (Å²) in [4.78, 5) is 21.1. The van der Waals surface area contributed by atoms with Crippen molar-refractivity contribution < 1.29 is 4.79 Å². The second-order valence-electron chi connectivity index (χ2n) is 5.63. The molecule has 0 saturated heterocycles. The molecule has 1 aromatic carbocycles. The van der Waals surface area contributed by atoms with E-state index in [2.05, 4.69) is 15.3 Å². The van der Waals surface area contributed by atoms with Crippen molar-refractivity contribution in [2.45, 2.75) is 32.1 Å².